The molecule has 3 aromatic heterocycles. The summed E-state index contributed by atoms with van der Waals surface area (Å²) in [5.41, 5.74) is 0.982. The van der Waals surface area contributed by atoms with Gasteiger partial charge in [-0.05, 0) is 47.2 Å². The molecule has 0 unspecified atom stereocenters. The van der Waals surface area contributed by atoms with Crippen LogP contribution in [0.15, 0.2) is 70.4 Å². The maximum Gasteiger partial charge on any atom is 0.416 e. The highest BCUT2D eigenvalue weighted by atomic mass is 32.2. The molecule has 0 saturated carbocycles. The monoisotopic (exact) mass is 501 g/mol. The molecule has 0 aliphatic heterocycles. The zero-order valence-electron chi connectivity index (χ0n) is 16.7. The summed E-state index contributed by atoms with van der Waals surface area (Å²) in [6.45, 7) is 0. The first-order chi connectivity index (χ1) is 15.8. The largest absolute Gasteiger partial charge is 0.416 e. The van der Waals surface area contributed by atoms with Gasteiger partial charge < -0.3 is 5.32 Å². The first kappa shape index (κ1) is 23.0. The molecule has 0 radical (unpaired) electrons. The number of rotatable bonds is 6. The molecule has 1 aromatic carbocycles. The Labute approximate surface area is 199 Å². The van der Waals surface area contributed by atoms with Crippen LogP contribution < -0.4 is 5.32 Å². The Morgan fingerprint density at radius 3 is 2.42 bits per heavy atom. The third-order valence-corrected chi connectivity index (χ3v) is 7.24. The van der Waals surface area contributed by atoms with E-state index in [-0.39, 0.29) is 11.4 Å². The number of carbonyl (C=O) groups excluding carboxylic acids is 1. The van der Waals surface area contributed by atoms with Gasteiger partial charge in [0.25, 0.3) is 0 Å². The number of nitriles is 1. The Kier molecular flexibility index (Phi) is 6.83. The van der Waals surface area contributed by atoms with Gasteiger partial charge in [0.2, 0.25) is 5.91 Å². The zero-order valence-corrected chi connectivity index (χ0v) is 19.2. The highest BCUT2D eigenvalue weighted by Crippen LogP contribution is 2.37. The molecule has 166 valence electrons. The average molecular weight is 502 g/mol. The first-order valence-electron chi connectivity index (χ1n) is 9.48. The van der Waals surface area contributed by atoms with Crippen molar-refractivity contribution in [2.45, 2.75) is 11.2 Å². The van der Waals surface area contributed by atoms with Crippen LogP contribution in [0.2, 0.25) is 0 Å². The fourth-order valence-corrected chi connectivity index (χ4v) is 5.25. The second-order valence-corrected chi connectivity index (χ2v) is 9.58. The van der Waals surface area contributed by atoms with Crippen molar-refractivity contribution in [1.82, 2.24) is 4.98 Å². The molecule has 0 bridgehead atoms. The van der Waals surface area contributed by atoms with Crippen LogP contribution in [-0.2, 0) is 11.0 Å². The van der Waals surface area contributed by atoms with Crippen molar-refractivity contribution in [2.75, 3.05) is 11.1 Å². The molecule has 1 amide bonds. The molecule has 10 heteroatoms. The fourth-order valence-electron chi connectivity index (χ4n) is 3.02. The minimum Gasteiger partial charge on any atom is -0.325 e. The number of thiophene rings is 2. The number of aromatic nitrogens is 1. The summed E-state index contributed by atoms with van der Waals surface area (Å²) < 4.78 is 38.7. The Hall–Kier alpha value is -3.13. The number of alkyl halides is 3. The van der Waals surface area contributed by atoms with Crippen LogP contribution in [0.25, 0.3) is 21.0 Å². The van der Waals surface area contributed by atoms with E-state index < -0.39 is 17.6 Å². The predicted octanol–water partition coefficient (Wildman–Crippen LogP) is 7.16. The summed E-state index contributed by atoms with van der Waals surface area (Å²) in [4.78, 5) is 18.9. The van der Waals surface area contributed by atoms with Gasteiger partial charge in [0, 0.05) is 16.1 Å². The number of amides is 1. The number of benzene rings is 1. The zero-order chi connectivity index (χ0) is 23.4. The molecule has 4 rings (SSSR count). The number of hydrogen-bond acceptors (Lipinski definition) is 6. The van der Waals surface area contributed by atoms with E-state index in [2.05, 4.69) is 16.4 Å². The fraction of sp³-hybridized carbons (Fsp3) is 0.0870. The van der Waals surface area contributed by atoms with Gasteiger partial charge in [0.05, 0.1) is 27.5 Å². The molecule has 0 fully saturated rings. The highest BCUT2D eigenvalue weighted by molar-refractivity contribution is 8.00. The van der Waals surface area contributed by atoms with Gasteiger partial charge in [-0.3, -0.25) is 4.79 Å². The Balaban J connectivity index is 1.59. The normalized spacial score (nSPS) is 11.2. The van der Waals surface area contributed by atoms with Crippen LogP contribution in [0.4, 0.5) is 18.9 Å². The topological polar surface area (TPSA) is 65.8 Å². The number of nitrogens with zero attached hydrogens (tertiary/aromatic N) is 2. The van der Waals surface area contributed by atoms with E-state index >= 15 is 0 Å². The Morgan fingerprint density at radius 1 is 1.06 bits per heavy atom. The van der Waals surface area contributed by atoms with Gasteiger partial charge in [0.1, 0.15) is 11.1 Å². The van der Waals surface area contributed by atoms with E-state index in [1.165, 1.54) is 34.8 Å². The van der Waals surface area contributed by atoms with Crippen molar-refractivity contribution in [3.63, 3.8) is 0 Å². The lowest BCUT2D eigenvalue weighted by molar-refractivity contribution is -0.137. The lowest BCUT2D eigenvalue weighted by Gasteiger charge is -2.12. The minimum absolute atomic E-state index is 0.0514. The van der Waals surface area contributed by atoms with Gasteiger partial charge in [0.15, 0.2) is 0 Å². The van der Waals surface area contributed by atoms with Crippen LogP contribution in [0.1, 0.15) is 11.1 Å². The smallest absolute Gasteiger partial charge is 0.325 e. The van der Waals surface area contributed by atoms with Crippen LogP contribution >= 0.6 is 34.4 Å². The number of anilines is 1. The maximum atomic E-state index is 12.9. The van der Waals surface area contributed by atoms with Crippen LogP contribution in [0, 0.1) is 11.3 Å². The molecule has 0 spiro atoms. The van der Waals surface area contributed by atoms with Gasteiger partial charge in [-0.15, -0.1) is 22.7 Å². The summed E-state index contributed by atoms with van der Waals surface area (Å²) in [6, 6.07) is 16.1. The van der Waals surface area contributed by atoms with Crippen LogP contribution in [-0.4, -0.2) is 16.6 Å². The summed E-state index contributed by atoms with van der Waals surface area (Å²) in [6.07, 6.45) is -4.50. The molecule has 0 aliphatic rings. The van der Waals surface area contributed by atoms with Crippen molar-refractivity contribution in [3.8, 4) is 27.1 Å². The number of nitrogens with one attached hydrogen (secondary N) is 1. The third-order valence-electron chi connectivity index (χ3n) is 4.47. The summed E-state index contributed by atoms with van der Waals surface area (Å²) in [5, 5.41) is 16.5. The van der Waals surface area contributed by atoms with Gasteiger partial charge in [-0.1, -0.05) is 30.0 Å². The first-order valence-corrected chi connectivity index (χ1v) is 12.2. The number of pyridine rings is 1. The molecule has 4 nitrogen and oxygen atoms in total. The van der Waals surface area contributed by atoms with E-state index in [1.807, 2.05) is 41.1 Å². The SMILES string of the molecule is N#Cc1c(-c2cccs2)cc(-c2cccs2)nc1SCC(=O)Nc1cccc(C(F)(F)F)c1. The molecule has 0 atom stereocenters. The van der Waals surface area contributed by atoms with Crippen molar-refractivity contribution in [2.24, 2.45) is 0 Å². The van der Waals surface area contributed by atoms with Crippen molar-refractivity contribution < 1.29 is 18.0 Å². The standard InChI is InChI=1S/C23H14F3N3OS3/c24-23(25,26)14-4-1-5-15(10-14)28-21(30)13-33-22-17(12-27)16(19-6-2-8-31-19)11-18(29-22)20-7-3-9-32-20/h1-11H,13H2,(H,28,30). The van der Waals surface area contributed by atoms with Crippen LogP contribution in [0.5, 0.6) is 0 Å². The predicted molar refractivity (Wildman–Crippen MR) is 126 cm³/mol. The number of hydrogen-bond donors (Lipinski definition) is 1. The van der Waals surface area contributed by atoms with Crippen molar-refractivity contribution >= 4 is 46.0 Å². The molecular weight excluding hydrogens is 487 g/mol. The molecule has 3 heterocycles. The summed E-state index contributed by atoms with van der Waals surface area (Å²) >= 11 is 4.08. The maximum absolute atomic E-state index is 12.9. The van der Waals surface area contributed by atoms with Gasteiger partial charge >= 0.3 is 6.18 Å². The third kappa shape index (κ3) is 5.45. The Morgan fingerprint density at radius 2 is 1.79 bits per heavy atom. The van der Waals surface area contributed by atoms with Crippen molar-refractivity contribution in [1.29, 1.82) is 5.26 Å². The molecule has 4 aromatic rings. The molecule has 1 N–H and O–H groups in total. The summed E-state index contributed by atoms with van der Waals surface area (Å²) in [7, 11) is 0. The lowest BCUT2D eigenvalue weighted by Crippen LogP contribution is -2.15. The molecule has 0 aliphatic carbocycles. The van der Waals surface area contributed by atoms with E-state index in [1.54, 1.807) is 0 Å². The lowest BCUT2D eigenvalue weighted by atomic mass is 10.1. The van der Waals surface area contributed by atoms with Crippen LogP contribution in [0.3, 0.4) is 0 Å². The van der Waals surface area contributed by atoms with E-state index in [9.17, 15) is 23.2 Å². The number of thioether (sulfide) groups is 1. The second kappa shape index (κ2) is 9.79. The second-order valence-electron chi connectivity index (χ2n) is 6.72. The van der Waals surface area contributed by atoms with E-state index in [0.717, 1.165) is 39.2 Å². The Bertz CT molecular complexity index is 1310. The van der Waals surface area contributed by atoms with E-state index in [0.29, 0.717) is 16.3 Å². The number of carbonyl (C=O) groups is 1. The molecule has 33 heavy (non-hydrogen) atoms. The summed E-state index contributed by atoms with van der Waals surface area (Å²) in [5.74, 6) is -0.611. The quantitative estimate of drug-likeness (QED) is 0.285. The molecular formula is C23H14F3N3OS3. The van der Waals surface area contributed by atoms with Crippen molar-refractivity contribution in [3.05, 3.63) is 76.5 Å². The highest BCUT2D eigenvalue weighted by Gasteiger charge is 2.30. The average Bonchev–Trinajstić information content (AvgIpc) is 3.51. The van der Waals surface area contributed by atoms with Gasteiger partial charge in [-0.25, -0.2) is 4.98 Å². The number of halogens is 3. The van der Waals surface area contributed by atoms with E-state index in [4.69, 9.17) is 0 Å². The minimum atomic E-state index is -4.50. The van der Waals surface area contributed by atoms with Gasteiger partial charge in [-0.2, -0.15) is 18.4 Å². The molecule has 0 saturated heterocycles.